The number of halogens is 1. The molecule has 0 radical (unpaired) electrons. The molecule has 0 aliphatic heterocycles. The quantitative estimate of drug-likeness (QED) is 0.618. The molecule has 4 nitrogen and oxygen atoms in total. The Kier molecular flexibility index (Phi) is 3.48. The van der Waals surface area contributed by atoms with Gasteiger partial charge in [-0.25, -0.2) is 4.98 Å². The molecule has 0 fully saturated rings. The van der Waals surface area contributed by atoms with Gasteiger partial charge in [0.25, 0.3) is 0 Å². The number of anilines is 1. The second kappa shape index (κ2) is 5.25. The van der Waals surface area contributed by atoms with E-state index in [9.17, 15) is 4.39 Å². The van der Waals surface area contributed by atoms with Crippen LogP contribution in [0.25, 0.3) is 0 Å². The molecular weight excluding hydrogens is 207 g/mol. The molecule has 2 aromatic rings. The van der Waals surface area contributed by atoms with Crippen LogP contribution in [-0.4, -0.2) is 21.3 Å². The fourth-order valence-electron chi connectivity index (χ4n) is 1.42. The van der Waals surface area contributed by atoms with Gasteiger partial charge in [-0.1, -0.05) is 0 Å². The van der Waals surface area contributed by atoms with Crippen molar-refractivity contribution < 1.29 is 4.39 Å². The van der Waals surface area contributed by atoms with E-state index >= 15 is 0 Å². The van der Waals surface area contributed by atoms with Crippen molar-refractivity contribution >= 4 is 5.69 Å². The zero-order valence-electron chi connectivity index (χ0n) is 8.81. The lowest BCUT2D eigenvalue weighted by Gasteiger charge is -2.05. The average Bonchev–Trinajstić information content (AvgIpc) is 2.77. The van der Waals surface area contributed by atoms with Gasteiger partial charge in [0.1, 0.15) is 0 Å². The smallest absolute Gasteiger partial charge is 0.214 e. The molecule has 16 heavy (non-hydrogen) atoms. The first-order valence-electron chi connectivity index (χ1n) is 5.17. The lowest BCUT2D eigenvalue weighted by molar-refractivity contribution is 0.582. The molecule has 0 amide bonds. The molecule has 1 N–H and O–H groups in total. The van der Waals surface area contributed by atoms with Crippen molar-refractivity contribution in [2.45, 2.75) is 13.0 Å². The maximum absolute atomic E-state index is 12.7. The summed E-state index contributed by atoms with van der Waals surface area (Å²) in [6.45, 7) is 1.64. The third kappa shape index (κ3) is 3.05. The largest absolute Gasteiger partial charge is 0.385 e. The number of nitrogens with zero attached hydrogens (tertiary/aromatic N) is 3. The summed E-state index contributed by atoms with van der Waals surface area (Å²) in [5, 5.41) is 7.22. The van der Waals surface area contributed by atoms with Crippen LogP contribution in [0, 0.1) is 5.95 Å². The standard InChI is InChI=1S/C11H13FN4/c12-11-9-10(3-6-14-11)13-4-1-7-16-8-2-5-15-16/h2-3,5-6,8-9H,1,4,7H2,(H,13,14). The van der Waals surface area contributed by atoms with Crippen molar-refractivity contribution in [2.24, 2.45) is 0 Å². The topological polar surface area (TPSA) is 42.7 Å². The summed E-state index contributed by atoms with van der Waals surface area (Å²) in [5.74, 6) is -0.461. The minimum atomic E-state index is -0.461. The lowest BCUT2D eigenvalue weighted by Crippen LogP contribution is -2.07. The minimum Gasteiger partial charge on any atom is -0.385 e. The van der Waals surface area contributed by atoms with Crippen molar-refractivity contribution in [1.82, 2.24) is 14.8 Å². The predicted molar refractivity (Wildman–Crippen MR) is 59.5 cm³/mol. The van der Waals surface area contributed by atoms with Crippen LogP contribution in [0.1, 0.15) is 6.42 Å². The van der Waals surface area contributed by atoms with Gasteiger partial charge in [-0.2, -0.15) is 9.49 Å². The highest BCUT2D eigenvalue weighted by atomic mass is 19.1. The lowest BCUT2D eigenvalue weighted by atomic mass is 10.3. The van der Waals surface area contributed by atoms with E-state index in [4.69, 9.17) is 0 Å². The third-order valence-electron chi connectivity index (χ3n) is 2.18. The van der Waals surface area contributed by atoms with Crippen molar-refractivity contribution in [2.75, 3.05) is 11.9 Å². The van der Waals surface area contributed by atoms with Crippen molar-refractivity contribution in [3.8, 4) is 0 Å². The summed E-state index contributed by atoms with van der Waals surface area (Å²) in [6.07, 6.45) is 6.06. The number of aryl methyl sites for hydroxylation is 1. The third-order valence-corrected chi connectivity index (χ3v) is 2.18. The summed E-state index contributed by atoms with van der Waals surface area (Å²) in [5.41, 5.74) is 0.757. The molecule has 0 aliphatic rings. The van der Waals surface area contributed by atoms with Gasteiger partial charge in [0.2, 0.25) is 5.95 Å². The zero-order valence-corrected chi connectivity index (χ0v) is 8.81. The Morgan fingerprint density at radius 1 is 1.38 bits per heavy atom. The Labute approximate surface area is 93.1 Å². The predicted octanol–water partition coefficient (Wildman–Crippen LogP) is 1.92. The maximum atomic E-state index is 12.7. The highest BCUT2D eigenvalue weighted by Gasteiger charge is 1.95. The highest BCUT2D eigenvalue weighted by Crippen LogP contribution is 2.06. The van der Waals surface area contributed by atoms with Crippen LogP contribution in [0.4, 0.5) is 10.1 Å². The Morgan fingerprint density at radius 2 is 2.31 bits per heavy atom. The van der Waals surface area contributed by atoms with E-state index < -0.39 is 5.95 Å². The number of hydrogen-bond acceptors (Lipinski definition) is 3. The highest BCUT2D eigenvalue weighted by molar-refractivity contribution is 5.40. The number of pyridine rings is 1. The fourth-order valence-corrected chi connectivity index (χ4v) is 1.42. The molecule has 2 aromatic heterocycles. The molecule has 0 aromatic carbocycles. The van der Waals surface area contributed by atoms with E-state index in [2.05, 4.69) is 15.4 Å². The zero-order chi connectivity index (χ0) is 11.2. The Morgan fingerprint density at radius 3 is 3.06 bits per heavy atom. The van der Waals surface area contributed by atoms with E-state index in [1.54, 1.807) is 12.3 Å². The molecule has 2 rings (SSSR count). The van der Waals surface area contributed by atoms with E-state index in [0.29, 0.717) is 0 Å². The Hall–Kier alpha value is -1.91. The minimum absolute atomic E-state index is 0.461. The van der Waals surface area contributed by atoms with Crippen LogP contribution in [0.2, 0.25) is 0 Å². The number of hydrogen-bond donors (Lipinski definition) is 1. The van der Waals surface area contributed by atoms with E-state index in [1.165, 1.54) is 12.3 Å². The summed E-state index contributed by atoms with van der Waals surface area (Å²) in [4.78, 5) is 3.49. The average molecular weight is 220 g/mol. The monoisotopic (exact) mass is 220 g/mol. The normalized spacial score (nSPS) is 10.3. The SMILES string of the molecule is Fc1cc(NCCCn2cccn2)ccn1. The molecule has 2 heterocycles. The van der Waals surface area contributed by atoms with Gasteiger partial charge in [-0.05, 0) is 18.6 Å². The molecule has 0 saturated heterocycles. The van der Waals surface area contributed by atoms with Gasteiger partial charge in [-0.15, -0.1) is 0 Å². The first-order valence-corrected chi connectivity index (χ1v) is 5.17. The summed E-state index contributed by atoms with van der Waals surface area (Å²) >= 11 is 0. The van der Waals surface area contributed by atoms with Gasteiger partial charge < -0.3 is 5.32 Å². The van der Waals surface area contributed by atoms with Crippen LogP contribution in [0.15, 0.2) is 36.8 Å². The molecule has 0 spiro atoms. The van der Waals surface area contributed by atoms with Crippen molar-refractivity contribution in [1.29, 1.82) is 0 Å². The van der Waals surface area contributed by atoms with E-state index in [-0.39, 0.29) is 0 Å². The number of rotatable bonds is 5. The number of aromatic nitrogens is 3. The molecule has 84 valence electrons. The first kappa shape index (κ1) is 10.6. The Balaban J connectivity index is 1.72. The van der Waals surface area contributed by atoms with Crippen molar-refractivity contribution in [3.63, 3.8) is 0 Å². The van der Waals surface area contributed by atoms with Crippen molar-refractivity contribution in [3.05, 3.63) is 42.7 Å². The van der Waals surface area contributed by atoms with Gasteiger partial charge in [-0.3, -0.25) is 4.68 Å². The van der Waals surface area contributed by atoms with Crippen LogP contribution in [0.3, 0.4) is 0 Å². The molecule has 0 atom stereocenters. The fraction of sp³-hybridized carbons (Fsp3) is 0.273. The molecule has 0 unspecified atom stereocenters. The van der Waals surface area contributed by atoms with Gasteiger partial charge in [0.05, 0.1) is 0 Å². The van der Waals surface area contributed by atoms with Gasteiger partial charge in [0.15, 0.2) is 0 Å². The molecule has 5 heteroatoms. The maximum Gasteiger partial charge on any atom is 0.214 e. The second-order valence-corrected chi connectivity index (χ2v) is 3.42. The molecule has 0 aliphatic carbocycles. The second-order valence-electron chi connectivity index (χ2n) is 3.42. The summed E-state index contributed by atoms with van der Waals surface area (Å²) in [7, 11) is 0. The molecule has 0 bridgehead atoms. The first-order chi connectivity index (χ1) is 7.84. The van der Waals surface area contributed by atoms with Crippen LogP contribution >= 0.6 is 0 Å². The van der Waals surface area contributed by atoms with E-state index in [0.717, 1.165) is 25.2 Å². The van der Waals surface area contributed by atoms with Gasteiger partial charge in [0, 0.05) is 43.4 Å². The van der Waals surface area contributed by atoms with Gasteiger partial charge >= 0.3 is 0 Å². The summed E-state index contributed by atoms with van der Waals surface area (Å²) in [6, 6.07) is 5.02. The van der Waals surface area contributed by atoms with Crippen LogP contribution in [0.5, 0.6) is 0 Å². The van der Waals surface area contributed by atoms with Crippen LogP contribution < -0.4 is 5.32 Å². The Bertz CT molecular complexity index is 427. The summed E-state index contributed by atoms with van der Waals surface area (Å²) < 4.78 is 14.6. The van der Waals surface area contributed by atoms with E-state index in [1.807, 2.05) is 16.9 Å². The van der Waals surface area contributed by atoms with Crippen LogP contribution in [-0.2, 0) is 6.54 Å². The molecular formula is C11H13FN4. The number of nitrogens with one attached hydrogen (secondary N) is 1. The molecule has 0 saturated carbocycles.